The van der Waals surface area contributed by atoms with Crippen molar-refractivity contribution in [2.75, 3.05) is 0 Å². The van der Waals surface area contributed by atoms with Gasteiger partial charge in [0.2, 0.25) is 0 Å². The molecule has 1 aromatic rings. The molecule has 0 amide bonds. The molecule has 0 atom stereocenters. The van der Waals surface area contributed by atoms with Crippen molar-refractivity contribution in [3.8, 4) is 0 Å². The summed E-state index contributed by atoms with van der Waals surface area (Å²) < 4.78 is 2.12. The molecule has 1 aliphatic carbocycles. The highest BCUT2D eigenvalue weighted by Gasteiger charge is 2.11. The van der Waals surface area contributed by atoms with E-state index in [1.165, 1.54) is 17.0 Å². The van der Waals surface area contributed by atoms with E-state index in [4.69, 9.17) is 0 Å². The van der Waals surface area contributed by atoms with E-state index in [9.17, 15) is 0 Å². The molecule has 1 aromatic heterocycles. The monoisotopic (exact) mass is 197 g/mol. The van der Waals surface area contributed by atoms with E-state index in [1.807, 2.05) is 12.3 Å². The third kappa shape index (κ3) is 1.73. The van der Waals surface area contributed by atoms with Crippen molar-refractivity contribution in [3.63, 3.8) is 0 Å². The highest BCUT2D eigenvalue weighted by atomic mass is 15.0. The van der Waals surface area contributed by atoms with Crippen molar-refractivity contribution in [1.82, 2.24) is 4.57 Å². The van der Waals surface area contributed by atoms with Crippen LogP contribution in [0.1, 0.15) is 23.4 Å². The van der Waals surface area contributed by atoms with Crippen LogP contribution in [0.25, 0.3) is 18.4 Å². The zero-order valence-corrected chi connectivity index (χ0v) is 8.82. The van der Waals surface area contributed by atoms with Gasteiger partial charge in [0, 0.05) is 17.6 Å². The third-order valence-corrected chi connectivity index (χ3v) is 2.63. The predicted octanol–water partition coefficient (Wildman–Crippen LogP) is 3.75. The maximum absolute atomic E-state index is 3.85. The third-order valence-electron chi connectivity index (χ3n) is 2.63. The molecule has 1 heteroatoms. The number of hydrogen-bond donors (Lipinski definition) is 0. The first-order chi connectivity index (χ1) is 7.36. The van der Waals surface area contributed by atoms with Crippen LogP contribution in [-0.2, 0) is 6.42 Å². The van der Waals surface area contributed by atoms with Crippen LogP contribution in [0.3, 0.4) is 0 Å². The van der Waals surface area contributed by atoms with Gasteiger partial charge in [0.05, 0.1) is 0 Å². The van der Waals surface area contributed by atoms with E-state index in [0.29, 0.717) is 0 Å². The molecule has 0 spiro atoms. The number of nitrogens with zero attached hydrogens (tertiary/aromatic N) is 1. The molecule has 0 radical (unpaired) electrons. The molecule has 0 N–H and O–H groups in total. The topological polar surface area (TPSA) is 4.93 Å². The fourth-order valence-corrected chi connectivity index (χ4v) is 1.94. The molecule has 2 rings (SSSR count). The Hall–Kier alpha value is -1.76. The van der Waals surface area contributed by atoms with E-state index in [-0.39, 0.29) is 0 Å². The molecule has 1 heterocycles. The van der Waals surface area contributed by atoms with Crippen LogP contribution in [0, 0.1) is 0 Å². The summed E-state index contributed by atoms with van der Waals surface area (Å²) in [7, 11) is 0. The second-order valence-electron chi connectivity index (χ2n) is 3.57. The van der Waals surface area contributed by atoms with Gasteiger partial charge in [-0.25, -0.2) is 0 Å². The maximum Gasteiger partial charge on any atom is 0.0484 e. The molecule has 0 saturated heterocycles. The molecule has 1 aliphatic rings. The average molecular weight is 197 g/mol. The van der Waals surface area contributed by atoms with Crippen molar-refractivity contribution < 1.29 is 0 Å². The van der Waals surface area contributed by atoms with Gasteiger partial charge in [-0.2, -0.15) is 0 Å². The van der Waals surface area contributed by atoms with Crippen molar-refractivity contribution in [1.29, 1.82) is 0 Å². The first kappa shape index (κ1) is 9.78. The van der Waals surface area contributed by atoms with E-state index in [0.717, 1.165) is 12.8 Å². The molecular formula is C14H15N. The summed E-state index contributed by atoms with van der Waals surface area (Å²) >= 11 is 0. The molecule has 0 fully saturated rings. The first-order valence-corrected chi connectivity index (χ1v) is 5.19. The number of allylic oxidation sites excluding steroid dienone is 3. The van der Waals surface area contributed by atoms with Gasteiger partial charge < -0.3 is 4.57 Å². The standard InChI is InChI=1S/C14H15N/c1-3-5-9-13-11-12-8-6-7-10-14(12)15(13)4-2/h3-5,7,9-11H,1-2,6,8H2/b9-5-. The van der Waals surface area contributed by atoms with Crippen LogP contribution >= 0.6 is 0 Å². The van der Waals surface area contributed by atoms with Gasteiger partial charge >= 0.3 is 0 Å². The summed E-state index contributed by atoms with van der Waals surface area (Å²) in [5.41, 5.74) is 3.84. The molecular weight excluding hydrogens is 182 g/mol. The lowest BCUT2D eigenvalue weighted by Gasteiger charge is -2.07. The van der Waals surface area contributed by atoms with Crippen LogP contribution in [0.4, 0.5) is 0 Å². The quantitative estimate of drug-likeness (QED) is 0.650. The van der Waals surface area contributed by atoms with Crippen LogP contribution in [0.15, 0.2) is 37.5 Å². The normalized spacial score (nSPS) is 14.1. The van der Waals surface area contributed by atoms with Gasteiger partial charge in [-0.15, -0.1) is 0 Å². The van der Waals surface area contributed by atoms with Gasteiger partial charge in [-0.05, 0) is 36.6 Å². The number of aromatic nitrogens is 1. The number of aryl methyl sites for hydroxylation is 1. The Labute approximate surface area is 90.7 Å². The minimum Gasteiger partial charge on any atom is -0.318 e. The smallest absolute Gasteiger partial charge is 0.0484 e. The zero-order chi connectivity index (χ0) is 10.7. The van der Waals surface area contributed by atoms with Crippen molar-refractivity contribution in [2.24, 2.45) is 0 Å². The molecule has 0 bridgehead atoms. The van der Waals surface area contributed by atoms with Crippen molar-refractivity contribution >= 4 is 18.4 Å². The highest BCUT2D eigenvalue weighted by Crippen LogP contribution is 2.24. The van der Waals surface area contributed by atoms with Gasteiger partial charge in [0.25, 0.3) is 0 Å². The predicted molar refractivity (Wildman–Crippen MR) is 67.4 cm³/mol. The van der Waals surface area contributed by atoms with Crippen molar-refractivity contribution in [3.05, 3.63) is 54.4 Å². The Kier molecular flexibility index (Phi) is 2.72. The number of hydrogen-bond acceptors (Lipinski definition) is 0. The summed E-state index contributed by atoms with van der Waals surface area (Å²) in [6.07, 6.45) is 14.3. The Morgan fingerprint density at radius 2 is 2.20 bits per heavy atom. The Bertz CT molecular complexity index is 444. The van der Waals surface area contributed by atoms with Crippen LogP contribution < -0.4 is 0 Å². The highest BCUT2D eigenvalue weighted by molar-refractivity contribution is 5.64. The average Bonchev–Trinajstić information content (AvgIpc) is 2.63. The first-order valence-electron chi connectivity index (χ1n) is 5.19. The van der Waals surface area contributed by atoms with Crippen molar-refractivity contribution in [2.45, 2.75) is 12.8 Å². The largest absolute Gasteiger partial charge is 0.318 e. The summed E-state index contributed by atoms with van der Waals surface area (Å²) in [4.78, 5) is 0. The molecule has 15 heavy (non-hydrogen) atoms. The molecule has 0 saturated carbocycles. The van der Waals surface area contributed by atoms with Crippen LogP contribution in [-0.4, -0.2) is 4.57 Å². The zero-order valence-electron chi connectivity index (χ0n) is 8.82. The summed E-state index contributed by atoms with van der Waals surface area (Å²) in [6.45, 7) is 7.53. The summed E-state index contributed by atoms with van der Waals surface area (Å²) in [5.74, 6) is 0. The Morgan fingerprint density at radius 3 is 2.93 bits per heavy atom. The molecule has 0 unspecified atom stereocenters. The molecule has 0 aromatic carbocycles. The lowest BCUT2D eigenvalue weighted by molar-refractivity contribution is 0.971. The minimum atomic E-state index is 1.13. The van der Waals surface area contributed by atoms with E-state index < -0.39 is 0 Å². The molecule has 0 aliphatic heterocycles. The van der Waals surface area contributed by atoms with E-state index in [1.54, 1.807) is 6.08 Å². The summed E-state index contributed by atoms with van der Waals surface area (Å²) in [5, 5.41) is 0. The van der Waals surface area contributed by atoms with E-state index in [2.05, 4.69) is 42.0 Å². The number of rotatable bonds is 3. The lowest BCUT2D eigenvalue weighted by atomic mass is 10.0. The van der Waals surface area contributed by atoms with Gasteiger partial charge in [0.1, 0.15) is 0 Å². The Morgan fingerprint density at radius 1 is 1.33 bits per heavy atom. The SMILES string of the molecule is C=C/C=C\c1cc2c(n1C=C)C=CCC2. The second kappa shape index (κ2) is 4.18. The van der Waals surface area contributed by atoms with E-state index >= 15 is 0 Å². The molecule has 1 nitrogen and oxygen atoms in total. The number of fused-ring (bicyclic) bond motifs is 1. The minimum absolute atomic E-state index is 1.13. The van der Waals surface area contributed by atoms with Crippen LogP contribution in [0.5, 0.6) is 0 Å². The second-order valence-corrected chi connectivity index (χ2v) is 3.57. The summed E-state index contributed by atoms with van der Waals surface area (Å²) in [6, 6.07) is 2.22. The van der Waals surface area contributed by atoms with Crippen LogP contribution in [0.2, 0.25) is 0 Å². The van der Waals surface area contributed by atoms with Gasteiger partial charge in [-0.1, -0.05) is 31.4 Å². The van der Waals surface area contributed by atoms with Gasteiger partial charge in [0.15, 0.2) is 0 Å². The maximum atomic E-state index is 3.85. The van der Waals surface area contributed by atoms with Gasteiger partial charge in [-0.3, -0.25) is 0 Å². The molecule has 76 valence electrons. The fourth-order valence-electron chi connectivity index (χ4n) is 1.94. The fraction of sp³-hybridized carbons (Fsp3) is 0.143. The lowest BCUT2D eigenvalue weighted by Crippen LogP contribution is -1.96. The Balaban J connectivity index is 2.52.